The number of fused-ring (bicyclic) bond motifs is 1. The first kappa shape index (κ1) is 25.7. The van der Waals surface area contributed by atoms with Gasteiger partial charge in [0.15, 0.2) is 0 Å². The van der Waals surface area contributed by atoms with Crippen LogP contribution >= 0.6 is 11.8 Å². The van der Waals surface area contributed by atoms with Gasteiger partial charge in [-0.25, -0.2) is 4.79 Å². The summed E-state index contributed by atoms with van der Waals surface area (Å²) in [6.45, 7) is 0. The molecule has 0 fully saturated rings. The van der Waals surface area contributed by atoms with Crippen LogP contribution in [0.1, 0.15) is 26.3 Å². The van der Waals surface area contributed by atoms with Crippen molar-refractivity contribution in [3.63, 3.8) is 0 Å². The predicted octanol–water partition coefficient (Wildman–Crippen LogP) is 3.65. The number of amides is 2. The molecule has 2 atom stereocenters. The van der Waals surface area contributed by atoms with E-state index in [4.69, 9.17) is 0 Å². The summed E-state index contributed by atoms with van der Waals surface area (Å²) in [6.07, 6.45) is 1.76. The second-order valence-electron chi connectivity index (χ2n) is 8.32. The maximum absolute atomic E-state index is 13.2. The summed E-state index contributed by atoms with van der Waals surface area (Å²) in [5, 5.41) is 15.6. The molecule has 9 heteroatoms. The molecule has 0 bridgehead atoms. The number of carbonyl (C=O) groups excluding carboxylic acids is 3. The highest BCUT2D eigenvalue weighted by atomic mass is 32.2. The van der Waals surface area contributed by atoms with Gasteiger partial charge >= 0.3 is 5.97 Å². The fourth-order valence-electron chi connectivity index (χ4n) is 3.82. The predicted molar refractivity (Wildman–Crippen MR) is 142 cm³/mol. The lowest BCUT2D eigenvalue weighted by Crippen LogP contribution is -2.53. The molecular weight excluding hydrogens is 490 g/mol. The van der Waals surface area contributed by atoms with Crippen molar-refractivity contribution in [1.29, 1.82) is 0 Å². The Kier molecular flexibility index (Phi) is 8.37. The van der Waals surface area contributed by atoms with Gasteiger partial charge in [-0.2, -0.15) is 0 Å². The summed E-state index contributed by atoms with van der Waals surface area (Å²) in [7, 11) is 0. The van der Waals surface area contributed by atoms with Crippen LogP contribution in [-0.2, 0) is 16.0 Å². The zero-order valence-electron chi connectivity index (χ0n) is 19.7. The Labute approximate surface area is 217 Å². The molecule has 37 heavy (non-hydrogen) atoms. The molecule has 188 valence electrons. The lowest BCUT2D eigenvalue weighted by atomic mass is 10.0. The van der Waals surface area contributed by atoms with Gasteiger partial charge in [-0.1, -0.05) is 78.5 Å². The molecule has 1 heterocycles. The van der Waals surface area contributed by atoms with Crippen LogP contribution in [0, 0.1) is 0 Å². The molecule has 0 saturated carbocycles. The minimum Gasteiger partial charge on any atom is -0.480 e. The summed E-state index contributed by atoms with van der Waals surface area (Å²) in [5.74, 6) is -2.47. The van der Waals surface area contributed by atoms with E-state index in [1.165, 1.54) is 0 Å². The topological polar surface area (TPSA) is 128 Å². The Morgan fingerprint density at radius 1 is 0.784 bits per heavy atom. The van der Waals surface area contributed by atoms with Gasteiger partial charge in [0.2, 0.25) is 11.0 Å². The number of nitrogens with one attached hydrogen (secondary N) is 3. The normalized spacial score (nSPS) is 12.4. The van der Waals surface area contributed by atoms with Crippen LogP contribution in [0.3, 0.4) is 0 Å². The molecule has 3 aromatic carbocycles. The van der Waals surface area contributed by atoms with Crippen LogP contribution in [-0.4, -0.2) is 50.8 Å². The third-order valence-electron chi connectivity index (χ3n) is 5.76. The number of aromatic amines is 1. The van der Waals surface area contributed by atoms with E-state index in [0.717, 1.165) is 28.2 Å². The first-order chi connectivity index (χ1) is 17.9. The summed E-state index contributed by atoms with van der Waals surface area (Å²) in [5.41, 5.74) is 2.40. The number of carboxylic acid groups (broad SMARTS) is 1. The van der Waals surface area contributed by atoms with Crippen LogP contribution in [0.5, 0.6) is 0 Å². The second-order valence-corrected chi connectivity index (χ2v) is 9.31. The van der Waals surface area contributed by atoms with Gasteiger partial charge in [0.25, 0.3) is 5.91 Å². The molecule has 0 radical (unpaired) electrons. The molecule has 4 rings (SSSR count). The number of carbonyl (C=O) groups is 4. The molecule has 2 unspecified atom stereocenters. The Balaban J connectivity index is 1.50. The van der Waals surface area contributed by atoms with Crippen molar-refractivity contribution >= 4 is 45.6 Å². The van der Waals surface area contributed by atoms with Gasteiger partial charge in [0.05, 0.1) is 0 Å². The quantitative estimate of drug-likeness (QED) is 0.255. The van der Waals surface area contributed by atoms with Crippen molar-refractivity contribution in [3.8, 4) is 0 Å². The Morgan fingerprint density at radius 2 is 1.41 bits per heavy atom. The largest absolute Gasteiger partial charge is 0.480 e. The number of aromatic nitrogens is 1. The number of hydrogen-bond donors (Lipinski definition) is 4. The van der Waals surface area contributed by atoms with Gasteiger partial charge in [-0.3, -0.25) is 14.4 Å². The van der Waals surface area contributed by atoms with Crippen LogP contribution in [0.25, 0.3) is 10.9 Å². The minimum atomic E-state index is -1.24. The van der Waals surface area contributed by atoms with E-state index in [1.54, 1.807) is 66.9 Å². The second kappa shape index (κ2) is 12.0. The van der Waals surface area contributed by atoms with Crippen LogP contribution in [0.4, 0.5) is 0 Å². The first-order valence-electron chi connectivity index (χ1n) is 11.6. The van der Waals surface area contributed by atoms with Crippen LogP contribution in [0.15, 0.2) is 91.1 Å². The number of hydrogen-bond acceptors (Lipinski definition) is 5. The van der Waals surface area contributed by atoms with E-state index in [1.807, 2.05) is 24.3 Å². The van der Waals surface area contributed by atoms with Gasteiger partial charge in [0.1, 0.15) is 12.1 Å². The van der Waals surface area contributed by atoms with Crippen molar-refractivity contribution in [2.75, 3.05) is 5.75 Å². The van der Waals surface area contributed by atoms with Gasteiger partial charge in [-0.05, 0) is 23.8 Å². The molecule has 0 saturated heterocycles. The molecule has 0 spiro atoms. The molecule has 8 nitrogen and oxygen atoms in total. The minimum absolute atomic E-state index is 0.0422. The summed E-state index contributed by atoms with van der Waals surface area (Å²) >= 11 is 0.879. The maximum Gasteiger partial charge on any atom is 0.326 e. The van der Waals surface area contributed by atoms with Crippen LogP contribution in [0.2, 0.25) is 0 Å². The summed E-state index contributed by atoms with van der Waals surface area (Å²) in [4.78, 5) is 53.8. The summed E-state index contributed by atoms with van der Waals surface area (Å²) < 4.78 is 0. The highest BCUT2D eigenvalue weighted by Gasteiger charge is 2.28. The number of para-hydroxylation sites is 1. The summed E-state index contributed by atoms with van der Waals surface area (Å²) in [6, 6.07) is 22.0. The van der Waals surface area contributed by atoms with Crippen LogP contribution < -0.4 is 10.6 Å². The third-order valence-corrected chi connectivity index (χ3v) is 6.76. The maximum atomic E-state index is 13.2. The average molecular weight is 516 g/mol. The fraction of sp³-hybridized carbons (Fsp3) is 0.143. The zero-order chi connectivity index (χ0) is 26.2. The third kappa shape index (κ3) is 6.65. The van der Waals surface area contributed by atoms with E-state index in [0.29, 0.717) is 11.1 Å². The van der Waals surface area contributed by atoms with Crippen molar-refractivity contribution in [2.24, 2.45) is 0 Å². The van der Waals surface area contributed by atoms with E-state index >= 15 is 0 Å². The molecule has 0 aliphatic rings. The van der Waals surface area contributed by atoms with Gasteiger partial charge in [-0.15, -0.1) is 0 Å². The monoisotopic (exact) mass is 515 g/mol. The molecule has 2 amide bonds. The zero-order valence-corrected chi connectivity index (χ0v) is 20.5. The molecule has 4 aromatic rings. The number of benzene rings is 3. The van der Waals surface area contributed by atoms with Crippen molar-refractivity contribution in [3.05, 3.63) is 108 Å². The van der Waals surface area contributed by atoms with E-state index in [-0.39, 0.29) is 17.3 Å². The average Bonchev–Trinajstić information content (AvgIpc) is 3.34. The standard InChI is InChI=1S/C28H25N3O5S/c32-25(18-9-3-1-4-10-18)31-24(17-37-28(36)19-11-5-2-6-12-19)26(33)30-23(27(34)35)15-20-16-29-22-14-8-7-13-21(20)22/h1-14,16,23-24,29H,15,17H2,(H,30,33)(H,31,32)(H,34,35). The molecular formula is C28H25N3O5S. The van der Waals surface area contributed by atoms with E-state index in [9.17, 15) is 24.3 Å². The number of rotatable bonds is 10. The van der Waals surface area contributed by atoms with Crippen molar-refractivity contribution in [2.45, 2.75) is 18.5 Å². The lowest BCUT2D eigenvalue weighted by molar-refractivity contribution is -0.141. The number of H-pyrrole nitrogens is 1. The number of aliphatic carboxylic acids is 1. The molecule has 0 aliphatic heterocycles. The highest BCUT2D eigenvalue weighted by Crippen LogP contribution is 2.19. The van der Waals surface area contributed by atoms with Crippen molar-refractivity contribution < 1.29 is 24.3 Å². The molecule has 1 aromatic heterocycles. The smallest absolute Gasteiger partial charge is 0.326 e. The number of thioether (sulfide) groups is 1. The Hall–Kier alpha value is -4.37. The van der Waals surface area contributed by atoms with E-state index in [2.05, 4.69) is 15.6 Å². The Bertz CT molecular complexity index is 1410. The van der Waals surface area contributed by atoms with Gasteiger partial charge < -0.3 is 20.7 Å². The molecule has 4 N–H and O–H groups in total. The SMILES string of the molecule is O=C(NC(CSC(=O)c1ccccc1)C(=O)NC(Cc1c[nH]c2ccccc12)C(=O)O)c1ccccc1. The lowest BCUT2D eigenvalue weighted by Gasteiger charge is -2.21. The Morgan fingerprint density at radius 3 is 2.08 bits per heavy atom. The first-order valence-corrected chi connectivity index (χ1v) is 12.6. The highest BCUT2D eigenvalue weighted by molar-refractivity contribution is 8.14. The van der Waals surface area contributed by atoms with Gasteiger partial charge in [0, 0.05) is 40.4 Å². The number of carboxylic acids is 1. The molecule has 0 aliphatic carbocycles. The fourth-order valence-corrected chi connectivity index (χ4v) is 4.68. The van der Waals surface area contributed by atoms with E-state index < -0.39 is 29.9 Å². The van der Waals surface area contributed by atoms with Crippen molar-refractivity contribution in [1.82, 2.24) is 15.6 Å².